The van der Waals surface area contributed by atoms with Gasteiger partial charge in [0.2, 0.25) is 11.7 Å². The molecule has 1 saturated heterocycles. The molecule has 0 atom stereocenters. The SMILES string of the molecule is c1c[nH]c(-c2noc(C3CCNCC3)n2)c1. The maximum atomic E-state index is 5.32. The average Bonchev–Trinajstić information content (AvgIpc) is 3.01. The van der Waals surface area contributed by atoms with Gasteiger partial charge >= 0.3 is 0 Å². The third-order valence-corrected chi connectivity index (χ3v) is 2.97. The van der Waals surface area contributed by atoms with Crippen LogP contribution in [0.4, 0.5) is 0 Å². The van der Waals surface area contributed by atoms with Gasteiger partial charge in [-0.1, -0.05) is 5.16 Å². The number of rotatable bonds is 2. The summed E-state index contributed by atoms with van der Waals surface area (Å²) < 4.78 is 5.32. The van der Waals surface area contributed by atoms with Crippen LogP contribution in [0.5, 0.6) is 0 Å². The topological polar surface area (TPSA) is 66.7 Å². The summed E-state index contributed by atoms with van der Waals surface area (Å²) in [6.07, 6.45) is 4.01. The van der Waals surface area contributed by atoms with Crippen molar-refractivity contribution >= 4 is 0 Å². The van der Waals surface area contributed by atoms with Crippen molar-refractivity contribution in [2.45, 2.75) is 18.8 Å². The average molecular weight is 218 g/mol. The second-order valence-corrected chi connectivity index (χ2v) is 4.06. The molecule has 2 aromatic rings. The zero-order chi connectivity index (χ0) is 10.8. The molecule has 2 aromatic heterocycles. The third kappa shape index (κ3) is 1.74. The van der Waals surface area contributed by atoms with Crippen LogP contribution in [0.3, 0.4) is 0 Å². The van der Waals surface area contributed by atoms with Gasteiger partial charge in [-0.2, -0.15) is 4.98 Å². The fraction of sp³-hybridized carbons (Fsp3) is 0.455. The molecule has 0 aromatic carbocycles. The summed E-state index contributed by atoms with van der Waals surface area (Å²) in [4.78, 5) is 7.51. The Morgan fingerprint density at radius 2 is 2.19 bits per heavy atom. The molecule has 0 amide bonds. The van der Waals surface area contributed by atoms with E-state index < -0.39 is 0 Å². The van der Waals surface area contributed by atoms with E-state index in [0.717, 1.165) is 37.5 Å². The molecular formula is C11H14N4O. The first-order valence-corrected chi connectivity index (χ1v) is 5.61. The molecule has 3 rings (SSSR count). The Hall–Kier alpha value is -1.62. The van der Waals surface area contributed by atoms with Crippen LogP contribution in [-0.2, 0) is 0 Å². The molecule has 5 nitrogen and oxygen atoms in total. The quantitative estimate of drug-likeness (QED) is 0.802. The summed E-state index contributed by atoms with van der Waals surface area (Å²) in [5.41, 5.74) is 0.906. The van der Waals surface area contributed by atoms with Crippen LogP contribution in [-0.4, -0.2) is 28.2 Å². The largest absolute Gasteiger partial charge is 0.359 e. The predicted octanol–water partition coefficient (Wildman–Crippen LogP) is 1.53. The lowest BCUT2D eigenvalue weighted by atomic mass is 9.98. The highest BCUT2D eigenvalue weighted by atomic mass is 16.5. The van der Waals surface area contributed by atoms with Crippen molar-refractivity contribution in [3.05, 3.63) is 24.2 Å². The van der Waals surface area contributed by atoms with Crippen LogP contribution in [0.2, 0.25) is 0 Å². The van der Waals surface area contributed by atoms with E-state index in [1.807, 2.05) is 18.3 Å². The number of hydrogen-bond donors (Lipinski definition) is 2. The highest BCUT2D eigenvalue weighted by molar-refractivity contribution is 5.47. The summed E-state index contributed by atoms with van der Waals surface area (Å²) in [6.45, 7) is 2.07. The Labute approximate surface area is 93.3 Å². The van der Waals surface area contributed by atoms with Gasteiger partial charge in [-0.15, -0.1) is 0 Å². The Morgan fingerprint density at radius 1 is 1.31 bits per heavy atom. The number of piperidine rings is 1. The lowest BCUT2D eigenvalue weighted by Gasteiger charge is -2.18. The van der Waals surface area contributed by atoms with Gasteiger partial charge in [-0.25, -0.2) is 0 Å². The van der Waals surface area contributed by atoms with E-state index in [4.69, 9.17) is 4.52 Å². The van der Waals surface area contributed by atoms with Crippen LogP contribution in [0.15, 0.2) is 22.9 Å². The number of hydrogen-bond acceptors (Lipinski definition) is 4. The molecule has 16 heavy (non-hydrogen) atoms. The molecule has 84 valence electrons. The number of nitrogens with zero attached hydrogens (tertiary/aromatic N) is 2. The van der Waals surface area contributed by atoms with Crippen LogP contribution < -0.4 is 5.32 Å². The molecule has 3 heterocycles. The minimum Gasteiger partial charge on any atom is -0.359 e. The smallest absolute Gasteiger partial charge is 0.230 e. The summed E-state index contributed by atoms with van der Waals surface area (Å²) in [5, 5.41) is 7.32. The monoisotopic (exact) mass is 218 g/mol. The number of H-pyrrole nitrogens is 1. The van der Waals surface area contributed by atoms with Gasteiger partial charge in [0.25, 0.3) is 0 Å². The summed E-state index contributed by atoms with van der Waals surface area (Å²) in [5.74, 6) is 1.84. The summed E-state index contributed by atoms with van der Waals surface area (Å²) in [7, 11) is 0. The van der Waals surface area contributed by atoms with Gasteiger partial charge in [0.1, 0.15) is 0 Å². The molecule has 2 N–H and O–H groups in total. The third-order valence-electron chi connectivity index (χ3n) is 2.97. The molecule has 0 unspecified atom stereocenters. The second-order valence-electron chi connectivity index (χ2n) is 4.06. The van der Waals surface area contributed by atoms with E-state index in [0.29, 0.717) is 11.7 Å². The van der Waals surface area contributed by atoms with Gasteiger partial charge in [0, 0.05) is 12.1 Å². The first kappa shape index (κ1) is 9.59. The summed E-state index contributed by atoms with van der Waals surface area (Å²) in [6, 6.07) is 3.87. The van der Waals surface area contributed by atoms with Crippen LogP contribution >= 0.6 is 0 Å². The zero-order valence-electron chi connectivity index (χ0n) is 8.94. The number of aromatic amines is 1. The van der Waals surface area contributed by atoms with Crippen molar-refractivity contribution in [3.8, 4) is 11.5 Å². The first-order chi connectivity index (χ1) is 7.93. The Kier molecular flexibility index (Phi) is 2.46. The molecule has 0 saturated carbocycles. The van der Waals surface area contributed by atoms with Crippen molar-refractivity contribution in [1.29, 1.82) is 0 Å². The van der Waals surface area contributed by atoms with Gasteiger partial charge in [-0.3, -0.25) is 0 Å². The lowest BCUT2D eigenvalue weighted by Crippen LogP contribution is -2.26. The van der Waals surface area contributed by atoms with Gasteiger partial charge < -0.3 is 14.8 Å². The van der Waals surface area contributed by atoms with E-state index in [9.17, 15) is 0 Å². The van der Waals surface area contributed by atoms with Crippen molar-refractivity contribution in [2.24, 2.45) is 0 Å². The van der Waals surface area contributed by atoms with Gasteiger partial charge in [-0.05, 0) is 38.1 Å². The minimum absolute atomic E-state index is 0.414. The molecule has 1 aliphatic heterocycles. The lowest BCUT2D eigenvalue weighted by molar-refractivity contribution is 0.320. The molecular weight excluding hydrogens is 204 g/mol. The number of nitrogens with one attached hydrogen (secondary N) is 2. The van der Waals surface area contributed by atoms with Crippen LogP contribution in [0, 0.1) is 0 Å². The molecule has 0 bridgehead atoms. The minimum atomic E-state index is 0.414. The molecule has 0 radical (unpaired) electrons. The van der Waals surface area contributed by atoms with Crippen molar-refractivity contribution < 1.29 is 4.52 Å². The summed E-state index contributed by atoms with van der Waals surface area (Å²) >= 11 is 0. The highest BCUT2D eigenvalue weighted by Crippen LogP contribution is 2.25. The van der Waals surface area contributed by atoms with E-state index in [1.165, 1.54) is 0 Å². The van der Waals surface area contributed by atoms with E-state index in [2.05, 4.69) is 20.4 Å². The van der Waals surface area contributed by atoms with Crippen molar-refractivity contribution in [2.75, 3.05) is 13.1 Å². The van der Waals surface area contributed by atoms with E-state index in [-0.39, 0.29) is 0 Å². The Bertz CT molecular complexity index is 442. The Balaban J connectivity index is 1.82. The fourth-order valence-corrected chi connectivity index (χ4v) is 2.05. The van der Waals surface area contributed by atoms with Crippen LogP contribution in [0.25, 0.3) is 11.5 Å². The van der Waals surface area contributed by atoms with Gasteiger partial charge in [0.05, 0.1) is 5.69 Å². The maximum absolute atomic E-state index is 5.32. The first-order valence-electron chi connectivity index (χ1n) is 5.61. The number of aromatic nitrogens is 3. The molecule has 1 fully saturated rings. The predicted molar refractivity (Wildman–Crippen MR) is 58.9 cm³/mol. The van der Waals surface area contributed by atoms with Crippen molar-refractivity contribution in [3.63, 3.8) is 0 Å². The Morgan fingerprint density at radius 3 is 2.94 bits per heavy atom. The maximum Gasteiger partial charge on any atom is 0.230 e. The van der Waals surface area contributed by atoms with Crippen molar-refractivity contribution in [1.82, 2.24) is 20.4 Å². The fourth-order valence-electron chi connectivity index (χ4n) is 2.05. The zero-order valence-corrected chi connectivity index (χ0v) is 8.94. The molecule has 1 aliphatic rings. The molecule has 5 heteroatoms. The second kappa shape index (κ2) is 4.09. The normalized spacial score (nSPS) is 17.8. The molecule has 0 spiro atoms. The van der Waals surface area contributed by atoms with E-state index >= 15 is 0 Å². The van der Waals surface area contributed by atoms with Gasteiger partial charge in [0.15, 0.2) is 0 Å². The van der Waals surface area contributed by atoms with Crippen LogP contribution in [0.1, 0.15) is 24.7 Å². The standard InChI is InChI=1S/C11H14N4O/c1-2-9(13-5-1)10-14-11(16-15-10)8-3-6-12-7-4-8/h1-2,5,8,12-13H,3-4,6-7H2. The highest BCUT2D eigenvalue weighted by Gasteiger charge is 2.21. The van der Waals surface area contributed by atoms with E-state index in [1.54, 1.807) is 0 Å². The molecule has 0 aliphatic carbocycles.